The monoisotopic (exact) mass is 323 g/mol. The van der Waals surface area contributed by atoms with Crippen LogP contribution in [-0.2, 0) is 12.8 Å². The molecule has 0 atom stereocenters. The van der Waals surface area contributed by atoms with Gasteiger partial charge >= 0.3 is 0 Å². The maximum Gasteiger partial charge on any atom is 0.141 e. The Labute approximate surface area is 136 Å². The summed E-state index contributed by atoms with van der Waals surface area (Å²) in [5.41, 5.74) is 1.98. The lowest BCUT2D eigenvalue weighted by Gasteiger charge is -2.15. The van der Waals surface area contributed by atoms with Crippen molar-refractivity contribution in [1.29, 1.82) is 0 Å². The Bertz CT molecular complexity index is 573. The number of aryl methyl sites for hydroxylation is 2. The molecule has 2 aromatic rings. The van der Waals surface area contributed by atoms with Crippen molar-refractivity contribution in [1.82, 2.24) is 15.4 Å². The van der Waals surface area contributed by atoms with Crippen LogP contribution in [0.1, 0.15) is 37.9 Å². The molecule has 1 N–H and O–H groups in total. The van der Waals surface area contributed by atoms with E-state index >= 15 is 0 Å². The molecule has 0 unspecified atom stereocenters. The first-order chi connectivity index (χ1) is 10.7. The van der Waals surface area contributed by atoms with E-state index in [-0.39, 0.29) is 0 Å². The van der Waals surface area contributed by atoms with Crippen LogP contribution in [0.4, 0.5) is 0 Å². The van der Waals surface area contributed by atoms with Crippen LogP contribution < -0.4 is 9.47 Å². The minimum absolute atomic E-state index is 0.618. The molecule has 0 fully saturated rings. The van der Waals surface area contributed by atoms with Crippen molar-refractivity contribution in [3.8, 4) is 11.5 Å². The first kappa shape index (κ1) is 16.6. The maximum absolute atomic E-state index is 6.32. The first-order valence-corrected chi connectivity index (χ1v) is 8.05. The van der Waals surface area contributed by atoms with E-state index in [1.807, 2.05) is 12.1 Å². The number of halogens is 1. The topological polar surface area (TPSA) is 60.0 Å². The highest BCUT2D eigenvalue weighted by atomic mass is 35.5. The molecule has 0 radical (unpaired) electrons. The van der Waals surface area contributed by atoms with E-state index in [0.29, 0.717) is 24.0 Å². The zero-order chi connectivity index (χ0) is 15.8. The third-order valence-electron chi connectivity index (χ3n) is 3.15. The summed E-state index contributed by atoms with van der Waals surface area (Å²) in [5, 5.41) is 11.1. The standard InChI is InChI=1S/C16H22ClN3O2/c1-3-7-21-15-10-16(22-8-4-2)14(17)9-12(15)5-6-13-11-18-20-19-13/h9-11H,3-8H2,1-2H3,(H,18,19,20). The molecule has 0 aliphatic rings. The van der Waals surface area contributed by atoms with Gasteiger partial charge in [-0.3, -0.25) is 0 Å². The zero-order valence-corrected chi connectivity index (χ0v) is 13.8. The number of hydrogen-bond acceptors (Lipinski definition) is 4. The van der Waals surface area contributed by atoms with Gasteiger partial charge in [-0.05, 0) is 37.3 Å². The van der Waals surface area contributed by atoms with Crippen LogP contribution in [0.25, 0.3) is 0 Å². The number of ether oxygens (including phenoxy) is 2. The van der Waals surface area contributed by atoms with E-state index in [2.05, 4.69) is 29.3 Å². The Kier molecular flexibility index (Phi) is 6.52. The molecule has 0 spiro atoms. The second-order valence-corrected chi connectivity index (χ2v) is 5.46. The molecular weight excluding hydrogens is 302 g/mol. The molecule has 120 valence electrons. The van der Waals surface area contributed by atoms with Crippen molar-refractivity contribution >= 4 is 11.6 Å². The normalized spacial score (nSPS) is 10.7. The number of aromatic nitrogens is 3. The number of aromatic amines is 1. The van der Waals surface area contributed by atoms with E-state index in [1.54, 1.807) is 6.20 Å². The largest absolute Gasteiger partial charge is 0.493 e. The Morgan fingerprint density at radius 2 is 1.77 bits per heavy atom. The van der Waals surface area contributed by atoms with Gasteiger partial charge in [0.05, 0.1) is 30.1 Å². The molecule has 1 aromatic heterocycles. The van der Waals surface area contributed by atoms with Gasteiger partial charge in [0, 0.05) is 6.07 Å². The van der Waals surface area contributed by atoms with Crippen molar-refractivity contribution in [3.05, 3.63) is 34.6 Å². The summed E-state index contributed by atoms with van der Waals surface area (Å²) >= 11 is 6.32. The van der Waals surface area contributed by atoms with E-state index in [4.69, 9.17) is 21.1 Å². The number of nitrogens with zero attached hydrogens (tertiary/aromatic N) is 2. The third kappa shape index (κ3) is 4.63. The fraction of sp³-hybridized carbons (Fsp3) is 0.500. The van der Waals surface area contributed by atoms with E-state index in [1.165, 1.54) is 0 Å². The van der Waals surface area contributed by atoms with Crippen LogP contribution >= 0.6 is 11.6 Å². The van der Waals surface area contributed by atoms with Gasteiger partial charge in [-0.25, -0.2) is 0 Å². The van der Waals surface area contributed by atoms with Crippen molar-refractivity contribution in [2.24, 2.45) is 0 Å². The zero-order valence-electron chi connectivity index (χ0n) is 13.1. The van der Waals surface area contributed by atoms with Crippen LogP contribution in [0.2, 0.25) is 5.02 Å². The molecule has 2 rings (SSSR count). The molecule has 0 aliphatic carbocycles. The SMILES string of the molecule is CCCOc1cc(OCCC)c(CCc2cn[nH]n2)cc1Cl. The summed E-state index contributed by atoms with van der Waals surface area (Å²) < 4.78 is 11.5. The fourth-order valence-electron chi connectivity index (χ4n) is 2.05. The summed E-state index contributed by atoms with van der Waals surface area (Å²) in [6, 6.07) is 3.82. The van der Waals surface area contributed by atoms with Gasteiger partial charge < -0.3 is 9.47 Å². The molecule has 6 heteroatoms. The maximum atomic E-state index is 6.32. The van der Waals surface area contributed by atoms with Gasteiger partial charge in [0.25, 0.3) is 0 Å². The van der Waals surface area contributed by atoms with E-state index in [0.717, 1.165) is 42.7 Å². The molecular formula is C16H22ClN3O2. The summed E-state index contributed by atoms with van der Waals surface area (Å²) in [6.45, 7) is 5.46. The summed E-state index contributed by atoms with van der Waals surface area (Å²) in [6.07, 6.45) is 5.20. The molecule has 0 bridgehead atoms. The smallest absolute Gasteiger partial charge is 0.141 e. The fourth-order valence-corrected chi connectivity index (χ4v) is 2.29. The second kappa shape index (κ2) is 8.63. The van der Waals surface area contributed by atoms with Gasteiger partial charge in [-0.15, -0.1) is 0 Å². The summed E-state index contributed by atoms with van der Waals surface area (Å²) in [5.74, 6) is 1.51. The molecule has 0 aliphatic heterocycles. The van der Waals surface area contributed by atoms with Crippen LogP contribution in [0, 0.1) is 0 Å². The second-order valence-electron chi connectivity index (χ2n) is 5.05. The Morgan fingerprint density at radius 1 is 1.05 bits per heavy atom. The van der Waals surface area contributed by atoms with Gasteiger partial charge in [0.2, 0.25) is 0 Å². The molecule has 22 heavy (non-hydrogen) atoms. The van der Waals surface area contributed by atoms with Crippen LogP contribution in [0.15, 0.2) is 18.3 Å². The molecule has 1 aromatic carbocycles. The van der Waals surface area contributed by atoms with E-state index in [9.17, 15) is 0 Å². The van der Waals surface area contributed by atoms with Gasteiger partial charge in [-0.1, -0.05) is 25.4 Å². The predicted octanol–water partition coefficient (Wildman–Crippen LogP) is 3.82. The predicted molar refractivity (Wildman–Crippen MR) is 86.8 cm³/mol. The van der Waals surface area contributed by atoms with Crippen molar-refractivity contribution in [3.63, 3.8) is 0 Å². The lowest BCUT2D eigenvalue weighted by Crippen LogP contribution is -2.03. The Balaban J connectivity index is 2.15. The van der Waals surface area contributed by atoms with E-state index < -0.39 is 0 Å². The molecule has 0 amide bonds. The number of rotatable bonds is 9. The number of H-pyrrole nitrogens is 1. The highest BCUT2D eigenvalue weighted by molar-refractivity contribution is 6.32. The third-order valence-corrected chi connectivity index (χ3v) is 3.45. The first-order valence-electron chi connectivity index (χ1n) is 7.67. The lowest BCUT2D eigenvalue weighted by atomic mass is 10.1. The quantitative estimate of drug-likeness (QED) is 0.762. The number of hydrogen-bond donors (Lipinski definition) is 1. The molecule has 1 heterocycles. The van der Waals surface area contributed by atoms with Crippen LogP contribution in [0.5, 0.6) is 11.5 Å². The van der Waals surface area contributed by atoms with Gasteiger partial charge in [0.1, 0.15) is 11.5 Å². The van der Waals surface area contributed by atoms with Crippen molar-refractivity contribution in [2.45, 2.75) is 39.5 Å². The highest BCUT2D eigenvalue weighted by Gasteiger charge is 2.12. The van der Waals surface area contributed by atoms with Crippen LogP contribution in [0.3, 0.4) is 0 Å². The molecule has 5 nitrogen and oxygen atoms in total. The summed E-state index contributed by atoms with van der Waals surface area (Å²) in [7, 11) is 0. The lowest BCUT2D eigenvalue weighted by molar-refractivity contribution is 0.299. The minimum Gasteiger partial charge on any atom is -0.493 e. The molecule has 0 saturated heterocycles. The van der Waals surface area contributed by atoms with Gasteiger partial charge in [0.15, 0.2) is 0 Å². The van der Waals surface area contributed by atoms with Crippen molar-refractivity contribution < 1.29 is 9.47 Å². The van der Waals surface area contributed by atoms with Gasteiger partial charge in [-0.2, -0.15) is 15.4 Å². The van der Waals surface area contributed by atoms with Crippen LogP contribution in [-0.4, -0.2) is 28.6 Å². The highest BCUT2D eigenvalue weighted by Crippen LogP contribution is 2.33. The minimum atomic E-state index is 0.618. The Hall–Kier alpha value is -1.75. The number of nitrogens with one attached hydrogen (secondary N) is 1. The Morgan fingerprint density at radius 3 is 2.41 bits per heavy atom. The average molecular weight is 324 g/mol. The number of benzene rings is 1. The molecule has 0 saturated carbocycles. The summed E-state index contributed by atoms with van der Waals surface area (Å²) in [4.78, 5) is 0. The average Bonchev–Trinajstić information content (AvgIpc) is 3.04. The van der Waals surface area contributed by atoms with Crippen molar-refractivity contribution in [2.75, 3.05) is 13.2 Å².